The predicted molar refractivity (Wildman–Crippen MR) is 86.5 cm³/mol. The Balaban J connectivity index is 2.27. The maximum absolute atomic E-state index is 12.4. The third-order valence-corrected chi connectivity index (χ3v) is 3.45. The molecule has 1 aromatic carbocycles. The van der Waals surface area contributed by atoms with Gasteiger partial charge in [0.1, 0.15) is 0 Å². The van der Waals surface area contributed by atoms with Crippen LogP contribution in [0, 0.1) is 0 Å². The van der Waals surface area contributed by atoms with Crippen molar-refractivity contribution < 1.29 is 22.8 Å². The third kappa shape index (κ3) is 7.99. The van der Waals surface area contributed by atoms with Gasteiger partial charge in [-0.05, 0) is 30.7 Å². The minimum absolute atomic E-state index is 0.200. The molecule has 0 unspecified atom stereocenters. The van der Waals surface area contributed by atoms with Crippen molar-refractivity contribution in [3.05, 3.63) is 29.8 Å². The Kier molecular flexibility index (Phi) is 8.29. The standard InChI is InChI=1S/C17H23F3N2O2/c1-2-3-4-5-6-7-15(23)21-12-16(24)22-14-10-8-13(9-11-14)17(18,19)20/h8-11H,2-7,12H2,1H3,(H,21,23)(H,22,24). The lowest BCUT2D eigenvalue weighted by Crippen LogP contribution is -2.32. The Morgan fingerprint density at radius 1 is 0.958 bits per heavy atom. The highest BCUT2D eigenvalue weighted by atomic mass is 19.4. The average molecular weight is 344 g/mol. The molecular formula is C17H23F3N2O2. The first kappa shape index (κ1) is 20.0. The number of rotatable bonds is 9. The molecule has 0 atom stereocenters. The maximum Gasteiger partial charge on any atom is 0.416 e. The Morgan fingerprint density at radius 2 is 1.58 bits per heavy atom. The number of amides is 2. The quantitative estimate of drug-likeness (QED) is 0.662. The van der Waals surface area contributed by atoms with Crippen LogP contribution in [0.1, 0.15) is 51.0 Å². The Hall–Kier alpha value is -2.05. The van der Waals surface area contributed by atoms with Gasteiger partial charge in [-0.3, -0.25) is 9.59 Å². The highest BCUT2D eigenvalue weighted by Gasteiger charge is 2.29. The molecule has 2 amide bonds. The Bertz CT molecular complexity index is 528. The fourth-order valence-electron chi connectivity index (χ4n) is 2.10. The molecule has 24 heavy (non-hydrogen) atoms. The number of carbonyl (C=O) groups excluding carboxylic acids is 2. The zero-order valence-electron chi connectivity index (χ0n) is 13.7. The van der Waals surface area contributed by atoms with Gasteiger partial charge in [0, 0.05) is 12.1 Å². The van der Waals surface area contributed by atoms with Crippen LogP contribution in [0.5, 0.6) is 0 Å². The van der Waals surface area contributed by atoms with E-state index in [9.17, 15) is 22.8 Å². The summed E-state index contributed by atoms with van der Waals surface area (Å²) in [5.41, 5.74) is -0.529. The summed E-state index contributed by atoms with van der Waals surface area (Å²) in [5, 5.41) is 4.94. The monoisotopic (exact) mass is 344 g/mol. The molecule has 1 rings (SSSR count). The number of anilines is 1. The van der Waals surface area contributed by atoms with E-state index in [4.69, 9.17) is 0 Å². The van der Waals surface area contributed by atoms with Gasteiger partial charge in [-0.1, -0.05) is 32.6 Å². The SMILES string of the molecule is CCCCCCCC(=O)NCC(=O)Nc1ccc(C(F)(F)F)cc1. The lowest BCUT2D eigenvalue weighted by atomic mass is 10.1. The number of benzene rings is 1. The number of hydrogen-bond acceptors (Lipinski definition) is 2. The second kappa shape index (κ2) is 9.95. The van der Waals surface area contributed by atoms with Gasteiger partial charge in [0.2, 0.25) is 11.8 Å². The molecule has 1 aromatic rings. The normalized spacial score (nSPS) is 11.2. The number of halogens is 3. The summed E-state index contributed by atoms with van der Waals surface area (Å²) in [7, 11) is 0. The predicted octanol–water partition coefficient (Wildman–Crippen LogP) is 4.12. The van der Waals surface area contributed by atoms with E-state index in [0.29, 0.717) is 6.42 Å². The summed E-state index contributed by atoms with van der Waals surface area (Å²) in [6.45, 7) is 1.91. The largest absolute Gasteiger partial charge is 0.416 e. The fraction of sp³-hybridized carbons (Fsp3) is 0.529. The van der Waals surface area contributed by atoms with Crippen LogP contribution in [0.4, 0.5) is 18.9 Å². The molecule has 0 fully saturated rings. The Labute approximate surface area is 139 Å². The molecule has 2 N–H and O–H groups in total. The summed E-state index contributed by atoms with van der Waals surface area (Å²) >= 11 is 0. The molecule has 0 radical (unpaired) electrons. The third-order valence-electron chi connectivity index (χ3n) is 3.45. The molecule has 0 spiro atoms. The van der Waals surface area contributed by atoms with Crippen LogP contribution in [-0.4, -0.2) is 18.4 Å². The number of hydrogen-bond donors (Lipinski definition) is 2. The van der Waals surface area contributed by atoms with Crippen molar-refractivity contribution in [3.63, 3.8) is 0 Å². The van der Waals surface area contributed by atoms with Crippen molar-refractivity contribution in [2.75, 3.05) is 11.9 Å². The molecule has 0 aliphatic heterocycles. The molecule has 0 aliphatic carbocycles. The Morgan fingerprint density at radius 3 is 2.17 bits per heavy atom. The van der Waals surface area contributed by atoms with Crippen LogP contribution in [-0.2, 0) is 15.8 Å². The van der Waals surface area contributed by atoms with Crippen LogP contribution in [0.25, 0.3) is 0 Å². The molecule has 0 saturated carbocycles. The summed E-state index contributed by atoms with van der Waals surface area (Å²) < 4.78 is 37.3. The first-order valence-electron chi connectivity index (χ1n) is 8.06. The van der Waals surface area contributed by atoms with Crippen molar-refractivity contribution in [1.82, 2.24) is 5.32 Å². The molecule has 0 aliphatic rings. The molecule has 0 saturated heterocycles. The minimum Gasteiger partial charge on any atom is -0.347 e. The highest BCUT2D eigenvalue weighted by Crippen LogP contribution is 2.29. The van der Waals surface area contributed by atoms with Gasteiger partial charge in [0.15, 0.2) is 0 Å². The highest BCUT2D eigenvalue weighted by molar-refractivity contribution is 5.94. The summed E-state index contributed by atoms with van der Waals surface area (Å²) in [6.07, 6.45) is 1.11. The first-order valence-corrected chi connectivity index (χ1v) is 8.06. The van der Waals surface area contributed by atoms with Gasteiger partial charge in [-0.15, -0.1) is 0 Å². The second-order valence-electron chi connectivity index (χ2n) is 5.56. The number of nitrogens with one attached hydrogen (secondary N) is 2. The summed E-state index contributed by atoms with van der Waals surface area (Å²) in [5.74, 6) is -0.678. The zero-order chi connectivity index (χ0) is 18.0. The zero-order valence-corrected chi connectivity index (χ0v) is 13.7. The number of alkyl halides is 3. The van der Waals surface area contributed by atoms with E-state index in [1.54, 1.807) is 0 Å². The molecular weight excluding hydrogens is 321 g/mol. The van der Waals surface area contributed by atoms with Gasteiger partial charge < -0.3 is 10.6 Å². The van der Waals surface area contributed by atoms with Crippen molar-refractivity contribution in [2.24, 2.45) is 0 Å². The van der Waals surface area contributed by atoms with Crippen LogP contribution in [0.2, 0.25) is 0 Å². The topological polar surface area (TPSA) is 58.2 Å². The van der Waals surface area contributed by atoms with Crippen molar-refractivity contribution in [2.45, 2.75) is 51.6 Å². The molecule has 0 heterocycles. The van der Waals surface area contributed by atoms with Gasteiger partial charge >= 0.3 is 6.18 Å². The van der Waals surface area contributed by atoms with E-state index in [1.807, 2.05) is 0 Å². The number of unbranched alkanes of at least 4 members (excludes halogenated alkanes) is 4. The van der Waals surface area contributed by atoms with E-state index in [0.717, 1.165) is 44.2 Å². The summed E-state index contributed by atoms with van der Waals surface area (Å²) in [4.78, 5) is 23.2. The van der Waals surface area contributed by atoms with Crippen LogP contribution < -0.4 is 10.6 Å². The maximum atomic E-state index is 12.4. The molecule has 0 bridgehead atoms. The lowest BCUT2D eigenvalue weighted by Gasteiger charge is -2.09. The summed E-state index contributed by atoms with van der Waals surface area (Å²) in [6, 6.07) is 4.14. The molecule has 7 heteroatoms. The van der Waals surface area contributed by atoms with Crippen molar-refractivity contribution in [3.8, 4) is 0 Å². The van der Waals surface area contributed by atoms with E-state index in [1.165, 1.54) is 12.1 Å². The van der Waals surface area contributed by atoms with Gasteiger partial charge in [0.05, 0.1) is 12.1 Å². The smallest absolute Gasteiger partial charge is 0.347 e. The van der Waals surface area contributed by atoms with E-state index >= 15 is 0 Å². The fourth-order valence-corrected chi connectivity index (χ4v) is 2.10. The molecule has 4 nitrogen and oxygen atoms in total. The van der Waals surface area contributed by atoms with Crippen LogP contribution in [0.15, 0.2) is 24.3 Å². The molecule has 134 valence electrons. The minimum atomic E-state index is -4.41. The van der Waals surface area contributed by atoms with E-state index in [-0.39, 0.29) is 18.1 Å². The average Bonchev–Trinajstić information content (AvgIpc) is 2.52. The second-order valence-corrected chi connectivity index (χ2v) is 5.56. The van der Waals surface area contributed by atoms with E-state index < -0.39 is 17.6 Å². The van der Waals surface area contributed by atoms with Crippen LogP contribution in [0.3, 0.4) is 0 Å². The van der Waals surface area contributed by atoms with Gasteiger partial charge in [-0.2, -0.15) is 13.2 Å². The van der Waals surface area contributed by atoms with Crippen LogP contribution >= 0.6 is 0 Å². The first-order chi connectivity index (χ1) is 11.3. The molecule has 0 aromatic heterocycles. The van der Waals surface area contributed by atoms with Gasteiger partial charge in [0.25, 0.3) is 0 Å². The van der Waals surface area contributed by atoms with E-state index in [2.05, 4.69) is 17.6 Å². The van der Waals surface area contributed by atoms with Gasteiger partial charge in [-0.25, -0.2) is 0 Å². The van der Waals surface area contributed by atoms with Crippen molar-refractivity contribution >= 4 is 17.5 Å². The lowest BCUT2D eigenvalue weighted by molar-refractivity contribution is -0.137. The van der Waals surface area contributed by atoms with Crippen molar-refractivity contribution in [1.29, 1.82) is 0 Å². The number of carbonyl (C=O) groups is 2.